The number of aromatic nitrogens is 3. The molecular weight excluding hydrogens is 1290 g/mol. The molecule has 546 valence electrons. The monoisotopic (exact) mass is 1400 g/mol. The van der Waals surface area contributed by atoms with Crippen molar-refractivity contribution in [1.29, 1.82) is 0 Å². The number of non-ortho nitro benzene ring substituents is 1. The second-order valence-corrected chi connectivity index (χ2v) is 31.8. The zero-order chi connectivity index (χ0) is 71.7. The Morgan fingerprint density at radius 2 is 1.03 bits per heavy atom. The Kier molecular flexibility index (Phi) is 23.4. The molecule has 12 bridgehead atoms. The molecule has 4 aromatic carbocycles. The van der Waals surface area contributed by atoms with Crippen LogP contribution in [0.15, 0.2) is 78.9 Å². The van der Waals surface area contributed by atoms with Crippen molar-refractivity contribution in [3.8, 4) is 11.5 Å². The van der Waals surface area contributed by atoms with E-state index in [1.165, 1.54) is 165 Å². The van der Waals surface area contributed by atoms with Crippen molar-refractivity contribution in [2.75, 3.05) is 121 Å². The second kappa shape index (κ2) is 32.0. The van der Waals surface area contributed by atoms with Gasteiger partial charge in [0.1, 0.15) is 11.5 Å². The van der Waals surface area contributed by atoms with Gasteiger partial charge in [0.2, 0.25) is 0 Å². The predicted molar refractivity (Wildman–Crippen MR) is 406 cm³/mol. The number of carbonyl (C=O) groups is 3. The summed E-state index contributed by atoms with van der Waals surface area (Å²) in [5.41, 5.74) is 18.7. The van der Waals surface area contributed by atoms with E-state index in [1.54, 1.807) is 17.3 Å². The highest BCUT2D eigenvalue weighted by atomic mass is 35.5. The number of likely N-dealkylation sites (N-methyl/N-ethyl adjacent to an activating group) is 3. The summed E-state index contributed by atoms with van der Waals surface area (Å²) in [4.78, 5) is 65.3. The van der Waals surface area contributed by atoms with Crippen molar-refractivity contribution in [3.63, 3.8) is 0 Å². The van der Waals surface area contributed by atoms with E-state index in [1.807, 2.05) is 59.0 Å². The lowest BCUT2D eigenvalue weighted by Crippen LogP contribution is -2.56. The van der Waals surface area contributed by atoms with Crippen LogP contribution in [0.5, 0.6) is 11.5 Å². The average molecular weight is 1400 g/mol. The van der Waals surface area contributed by atoms with Crippen molar-refractivity contribution in [2.24, 2.45) is 41.2 Å². The zero-order valence-corrected chi connectivity index (χ0v) is 62.5. The molecule has 7 aromatic rings. The van der Waals surface area contributed by atoms with E-state index >= 15 is 0 Å². The molecule has 6 N–H and O–H groups in total. The summed E-state index contributed by atoms with van der Waals surface area (Å²) in [6, 6.07) is 26.0. The fraction of sp³-hybridized carbons (Fsp3) is 0.588. The number of halogens is 1. The third-order valence-electron chi connectivity index (χ3n) is 24.0. The van der Waals surface area contributed by atoms with Crippen LogP contribution in [0.25, 0.3) is 32.7 Å². The van der Waals surface area contributed by atoms with E-state index < -0.39 is 10.4 Å². The maximum absolute atomic E-state index is 13.5. The number of nitro benzene ring substituents is 1. The third kappa shape index (κ3) is 15.7. The van der Waals surface area contributed by atoms with Gasteiger partial charge in [0, 0.05) is 177 Å². The van der Waals surface area contributed by atoms with E-state index in [4.69, 9.17) is 17.3 Å². The van der Waals surface area contributed by atoms with Gasteiger partial charge in [-0.3, -0.25) is 33.9 Å². The fourth-order valence-corrected chi connectivity index (χ4v) is 20.1. The lowest BCUT2D eigenvalue weighted by atomic mass is 9.65. The molecule has 20 nitrogen and oxygen atoms in total. The van der Waals surface area contributed by atoms with Gasteiger partial charge in [-0.25, -0.2) is 14.4 Å². The number of aromatic amines is 1. The van der Waals surface area contributed by atoms with Gasteiger partial charge in [0.05, 0.1) is 16.0 Å². The number of piperidine rings is 6. The number of nitrogens with two attached hydrogens (primary N) is 1. The summed E-state index contributed by atoms with van der Waals surface area (Å²) in [7, 11) is 12.1. The Morgan fingerprint density at radius 3 is 1.48 bits per heavy atom. The topological polar surface area (TPSA) is 219 Å². The molecule has 3 aromatic heterocycles. The van der Waals surface area contributed by atoms with Crippen molar-refractivity contribution in [1.82, 2.24) is 54.2 Å². The number of ether oxygens (including phenoxy) is 1. The van der Waals surface area contributed by atoms with E-state index in [-0.39, 0.29) is 29.2 Å². The highest BCUT2D eigenvalue weighted by molar-refractivity contribution is 6.61. The number of H-pyrrole nitrogens is 1. The van der Waals surface area contributed by atoms with E-state index in [9.17, 15) is 29.6 Å². The number of benzene rings is 4. The summed E-state index contributed by atoms with van der Waals surface area (Å²) in [6.07, 6.45) is 15.1. The fourth-order valence-electron chi connectivity index (χ4n) is 20.0. The van der Waals surface area contributed by atoms with E-state index in [0.717, 1.165) is 110 Å². The summed E-state index contributed by atoms with van der Waals surface area (Å²) < 4.78 is 8.48. The van der Waals surface area contributed by atoms with E-state index in [0.29, 0.717) is 42.9 Å². The first-order valence-electron chi connectivity index (χ1n) is 37.7. The Morgan fingerprint density at radius 1 is 0.594 bits per heavy atom. The van der Waals surface area contributed by atoms with Crippen molar-refractivity contribution >= 4 is 67.5 Å². The number of hydrogen-bond acceptors (Lipinski definition) is 14. The zero-order valence-electron chi connectivity index (χ0n) is 61.8. The lowest BCUT2D eigenvalue weighted by Gasteiger charge is -2.53. The largest absolute Gasteiger partial charge is 0.508 e. The lowest BCUT2D eigenvalue weighted by molar-refractivity contribution is -0.384. The van der Waals surface area contributed by atoms with Crippen LogP contribution >= 0.6 is 11.6 Å². The number of rotatable bonds is 13. The van der Waals surface area contributed by atoms with Crippen LogP contribution in [0.2, 0.25) is 0 Å². The Bertz CT molecular complexity index is 3930. The third-order valence-corrected chi connectivity index (χ3v) is 24.1. The van der Waals surface area contributed by atoms with E-state index in [2.05, 4.69) is 125 Å². The van der Waals surface area contributed by atoms with Crippen LogP contribution in [0.3, 0.4) is 0 Å². The maximum atomic E-state index is 13.5. The van der Waals surface area contributed by atoms with Gasteiger partial charge in [-0.05, 0) is 221 Å². The van der Waals surface area contributed by atoms with Crippen LogP contribution in [0, 0.1) is 59.5 Å². The molecule has 2 amide bonds. The Hall–Kier alpha value is -6.88. The molecular formula is C80H112ClN13O7. The summed E-state index contributed by atoms with van der Waals surface area (Å²) in [6.45, 7) is 23.4. The van der Waals surface area contributed by atoms with Gasteiger partial charge in [-0.2, -0.15) is 0 Å². The van der Waals surface area contributed by atoms with Gasteiger partial charge in [-0.1, -0.05) is 63.3 Å². The molecule has 6 saturated heterocycles. The van der Waals surface area contributed by atoms with Gasteiger partial charge in [0.15, 0.2) is 0 Å². The quantitative estimate of drug-likeness (QED) is 0.0412. The molecule has 21 heteroatoms. The van der Waals surface area contributed by atoms with Crippen LogP contribution in [-0.4, -0.2) is 210 Å². The summed E-state index contributed by atoms with van der Waals surface area (Å²) in [5, 5.41) is 30.6. The molecule has 3 aliphatic carbocycles. The van der Waals surface area contributed by atoms with Crippen molar-refractivity contribution in [3.05, 3.63) is 134 Å². The number of nitrogens with zero attached hydrogens (tertiary/aromatic N) is 9. The Labute approximate surface area is 602 Å². The molecule has 19 rings (SSSR count). The normalized spacial score (nSPS) is 27.4. The average Bonchev–Trinajstić information content (AvgIpc) is 1.60. The van der Waals surface area contributed by atoms with Gasteiger partial charge in [0.25, 0.3) is 5.69 Å². The first-order valence-corrected chi connectivity index (χ1v) is 38.1. The number of aryl methyl sites for hydroxylation is 2. The molecule has 9 fully saturated rings. The Balaban J connectivity index is 0.000000128. The number of hydrogen-bond donors (Lipinski definition) is 5. The molecule has 0 radical (unpaired) electrons. The number of carbonyl (C=O) groups excluding carboxylic acids is 3. The number of phenolic OH excluding ortho intramolecular Hbond substituents is 1. The van der Waals surface area contributed by atoms with Crippen LogP contribution in [-0.2, 0) is 19.3 Å². The number of fused-ring (bicyclic) bond motifs is 12. The minimum atomic E-state index is -0.978. The van der Waals surface area contributed by atoms with Gasteiger partial charge >= 0.3 is 17.5 Å². The molecule has 12 heterocycles. The molecule has 0 spiro atoms. The highest BCUT2D eigenvalue weighted by Crippen LogP contribution is 2.55. The first kappa shape index (κ1) is 73.9. The summed E-state index contributed by atoms with van der Waals surface area (Å²) in [5.74, 6) is 6.90. The molecule has 9 aliphatic heterocycles. The van der Waals surface area contributed by atoms with Gasteiger partial charge in [-0.15, -0.1) is 0 Å². The first-order chi connectivity index (χ1) is 48.6. The second-order valence-electron chi connectivity index (χ2n) is 31.5. The number of phenols is 1. The number of amides is 2. The number of nitrogens with one attached hydrogen (secondary N) is 3. The van der Waals surface area contributed by atoms with Crippen molar-refractivity contribution in [2.45, 2.75) is 148 Å². The smallest absolute Gasteiger partial charge is 0.409 e. The molecule has 12 aliphatic rings. The predicted octanol–water partition coefficient (Wildman–Crippen LogP) is 13.1. The SMILES string of the molecule is CCC1C[C@H]2C[C@H]3c4[nH]c5ccc(C)cc5c4CCN(C2)C13.CCC1C[C@H]2C[C@H]3c4c(c5cc(C)ccc5n4C(=O)NCCN(C)C)CCN(C2)C13.CCC1C[C@H]2C[C@H]3c4c(c5cc(O)ccc5n4C(=O)NCCN(C)C)CCN(C2)C13.CN(C)CCN.O=C(Cl)Oc1ccc([N+](=O)[O-])cc1. The van der Waals surface area contributed by atoms with Crippen LogP contribution in [0.1, 0.15) is 141 Å². The molecule has 101 heavy (non-hydrogen) atoms. The van der Waals surface area contributed by atoms with Crippen molar-refractivity contribution < 1.29 is 29.2 Å². The minimum Gasteiger partial charge on any atom is -0.508 e. The summed E-state index contributed by atoms with van der Waals surface area (Å²) >= 11 is 4.92. The minimum absolute atomic E-state index is 0.0308. The maximum Gasteiger partial charge on any atom is 0.409 e. The van der Waals surface area contributed by atoms with Gasteiger partial charge < -0.3 is 45.9 Å². The van der Waals surface area contributed by atoms with Crippen LogP contribution in [0.4, 0.5) is 20.1 Å². The molecule has 9 unspecified atom stereocenters. The molecule has 3 saturated carbocycles. The van der Waals surface area contributed by atoms with Crippen LogP contribution < -0.4 is 21.1 Å². The standard InChI is InChI=1S/C25H36N4O.C24H34N4O2.C20H26N2.C7H4ClNO4.C4H12N2/c1-5-18-13-17-14-21-23(18)28(15-17)10-8-19-20-12-16(2)6-7-22(20)29(24(19)21)25(30)26-9-11-27(3)4;1-4-16-11-15-12-20-22(16)27(14-15)9-7-18-19-13-17(29)5-6-21(19)28(23(18)20)24(30)25-8-10-26(2)3;1-3-14-9-13-10-17-19-15(6-7-22(11-13)20(14)17)16-8-12(2)4-5-18(16)21-19;8-7(10)13-6-3-1-5(2-4-6)9(11)12;1-6(2)4-3-5/h6-7,12,17-18,21,23H,5,8-11,13-15H2,1-4H3,(H,26,30);5-6,13,15-16,20,22,29H,4,7-12,14H2,1-3H3,(H,25,30);4-5,8,13-14,17,20-21H,3,6-7,9-11H2,1-2H3;1-4H;3-5H2,1-2H3/t17-,18?,21+,23?;15-,16?,20+,22?;13-,14?,17-,20?;;/m000../s1. The number of nitro groups is 1. The number of aromatic hydroxyl groups is 1. The highest BCUT2D eigenvalue weighted by Gasteiger charge is 2.53. The molecule has 15 atom stereocenters.